The summed E-state index contributed by atoms with van der Waals surface area (Å²) in [7, 11) is 0. The highest BCUT2D eigenvalue weighted by molar-refractivity contribution is 5.21. The van der Waals surface area contributed by atoms with Gasteiger partial charge in [-0.1, -0.05) is 26.0 Å². The molecule has 0 radical (unpaired) electrons. The van der Waals surface area contributed by atoms with Gasteiger partial charge >= 0.3 is 0 Å². The van der Waals surface area contributed by atoms with Crippen LogP contribution in [0, 0.1) is 5.92 Å². The van der Waals surface area contributed by atoms with E-state index in [1.165, 1.54) is 0 Å². The standard InChI is InChI=1S/C11H19NO2/c1-9(2)7-14-10-5-4-6-11(3,8-13)12-10/h4-6,9,12-13H,7-8H2,1-3H3. The summed E-state index contributed by atoms with van der Waals surface area (Å²) in [5, 5.41) is 12.3. The molecule has 0 spiro atoms. The van der Waals surface area contributed by atoms with Gasteiger partial charge in [-0.3, -0.25) is 0 Å². The predicted octanol–water partition coefficient (Wildman–Crippen LogP) is 1.41. The number of dihydropyridines is 1. The Kier molecular flexibility index (Phi) is 3.58. The van der Waals surface area contributed by atoms with Gasteiger partial charge in [-0.05, 0) is 18.9 Å². The Morgan fingerprint density at radius 3 is 2.86 bits per heavy atom. The fourth-order valence-corrected chi connectivity index (χ4v) is 1.15. The molecule has 0 saturated carbocycles. The Morgan fingerprint density at radius 1 is 1.57 bits per heavy atom. The molecular weight excluding hydrogens is 178 g/mol. The van der Waals surface area contributed by atoms with Gasteiger partial charge in [0.15, 0.2) is 5.88 Å². The van der Waals surface area contributed by atoms with Crippen molar-refractivity contribution in [2.75, 3.05) is 13.2 Å². The van der Waals surface area contributed by atoms with Crippen molar-refractivity contribution < 1.29 is 9.84 Å². The maximum Gasteiger partial charge on any atom is 0.187 e. The highest BCUT2D eigenvalue weighted by Crippen LogP contribution is 2.14. The smallest absolute Gasteiger partial charge is 0.187 e. The van der Waals surface area contributed by atoms with Crippen LogP contribution in [0.5, 0.6) is 0 Å². The van der Waals surface area contributed by atoms with Crippen LogP contribution in [0.15, 0.2) is 24.1 Å². The van der Waals surface area contributed by atoms with E-state index in [9.17, 15) is 0 Å². The molecule has 14 heavy (non-hydrogen) atoms. The molecule has 0 aromatic carbocycles. The molecule has 0 fully saturated rings. The molecule has 0 amide bonds. The number of rotatable bonds is 4. The molecule has 3 nitrogen and oxygen atoms in total. The average Bonchev–Trinajstić information content (AvgIpc) is 2.15. The van der Waals surface area contributed by atoms with Gasteiger partial charge in [-0.15, -0.1) is 0 Å². The van der Waals surface area contributed by atoms with Crippen LogP contribution < -0.4 is 5.32 Å². The van der Waals surface area contributed by atoms with Crippen molar-refractivity contribution in [1.82, 2.24) is 5.32 Å². The van der Waals surface area contributed by atoms with Crippen LogP contribution in [-0.4, -0.2) is 23.9 Å². The van der Waals surface area contributed by atoms with E-state index in [-0.39, 0.29) is 12.1 Å². The van der Waals surface area contributed by atoms with Crippen LogP contribution in [0.3, 0.4) is 0 Å². The minimum Gasteiger partial charge on any atom is -0.479 e. The maximum absolute atomic E-state index is 9.15. The predicted molar refractivity (Wildman–Crippen MR) is 56.6 cm³/mol. The Labute approximate surface area is 85.5 Å². The van der Waals surface area contributed by atoms with Crippen molar-refractivity contribution in [3.63, 3.8) is 0 Å². The van der Waals surface area contributed by atoms with Crippen LogP contribution in [0.4, 0.5) is 0 Å². The lowest BCUT2D eigenvalue weighted by Crippen LogP contribution is -2.45. The first-order chi connectivity index (χ1) is 6.56. The second kappa shape index (κ2) is 4.51. The molecule has 0 aromatic heterocycles. The van der Waals surface area contributed by atoms with Gasteiger partial charge in [-0.2, -0.15) is 0 Å². The number of hydrogen-bond acceptors (Lipinski definition) is 3. The molecule has 1 aliphatic heterocycles. The lowest BCUT2D eigenvalue weighted by Gasteiger charge is -2.30. The number of aliphatic hydroxyl groups is 1. The van der Waals surface area contributed by atoms with Crippen molar-refractivity contribution in [2.45, 2.75) is 26.3 Å². The number of hydrogen-bond donors (Lipinski definition) is 2. The summed E-state index contributed by atoms with van der Waals surface area (Å²) in [5.74, 6) is 1.24. The third kappa shape index (κ3) is 3.07. The Bertz CT molecular complexity index is 246. The summed E-state index contributed by atoms with van der Waals surface area (Å²) in [6.45, 7) is 6.88. The highest BCUT2D eigenvalue weighted by atomic mass is 16.5. The summed E-state index contributed by atoms with van der Waals surface area (Å²) in [5.41, 5.74) is -0.388. The first kappa shape index (κ1) is 11.1. The quantitative estimate of drug-likeness (QED) is 0.716. The van der Waals surface area contributed by atoms with E-state index < -0.39 is 0 Å². The molecule has 1 heterocycles. The molecule has 0 aromatic rings. The minimum absolute atomic E-state index is 0.0614. The molecule has 0 saturated heterocycles. The van der Waals surface area contributed by atoms with Crippen molar-refractivity contribution in [1.29, 1.82) is 0 Å². The molecule has 1 unspecified atom stereocenters. The van der Waals surface area contributed by atoms with Crippen LogP contribution in [0.2, 0.25) is 0 Å². The van der Waals surface area contributed by atoms with E-state index in [1.54, 1.807) is 0 Å². The SMILES string of the molecule is CC(C)COC1=CC=CC(C)(CO)N1. The van der Waals surface area contributed by atoms with Crippen molar-refractivity contribution in [3.05, 3.63) is 24.1 Å². The molecule has 2 N–H and O–H groups in total. The second-order valence-corrected chi connectivity index (χ2v) is 4.30. The average molecular weight is 197 g/mol. The summed E-state index contributed by atoms with van der Waals surface area (Å²) < 4.78 is 5.53. The van der Waals surface area contributed by atoms with E-state index in [0.29, 0.717) is 12.5 Å². The first-order valence-corrected chi connectivity index (χ1v) is 4.97. The zero-order valence-corrected chi connectivity index (χ0v) is 9.08. The lowest BCUT2D eigenvalue weighted by atomic mass is 10.0. The van der Waals surface area contributed by atoms with E-state index in [4.69, 9.17) is 9.84 Å². The number of allylic oxidation sites excluding steroid dienone is 2. The van der Waals surface area contributed by atoms with Gasteiger partial charge in [0.2, 0.25) is 0 Å². The summed E-state index contributed by atoms with van der Waals surface area (Å²) in [4.78, 5) is 0. The third-order valence-corrected chi connectivity index (χ3v) is 2.02. The molecular formula is C11H19NO2. The lowest BCUT2D eigenvalue weighted by molar-refractivity contribution is 0.129. The van der Waals surface area contributed by atoms with Gasteiger partial charge in [0.05, 0.1) is 18.8 Å². The van der Waals surface area contributed by atoms with E-state index in [0.717, 1.165) is 5.88 Å². The van der Waals surface area contributed by atoms with Gasteiger partial charge < -0.3 is 15.2 Å². The monoisotopic (exact) mass is 197 g/mol. The summed E-state index contributed by atoms with van der Waals surface area (Å²) in [6, 6.07) is 0. The van der Waals surface area contributed by atoms with Crippen molar-refractivity contribution in [2.24, 2.45) is 5.92 Å². The van der Waals surface area contributed by atoms with E-state index >= 15 is 0 Å². The van der Waals surface area contributed by atoms with Crippen LogP contribution in [0.1, 0.15) is 20.8 Å². The van der Waals surface area contributed by atoms with Gasteiger partial charge in [0.25, 0.3) is 0 Å². The van der Waals surface area contributed by atoms with Crippen LogP contribution in [-0.2, 0) is 4.74 Å². The second-order valence-electron chi connectivity index (χ2n) is 4.30. The van der Waals surface area contributed by atoms with Gasteiger partial charge in [0.1, 0.15) is 0 Å². The molecule has 0 bridgehead atoms. The Morgan fingerprint density at radius 2 is 2.29 bits per heavy atom. The minimum atomic E-state index is -0.388. The normalized spacial score (nSPS) is 25.9. The van der Waals surface area contributed by atoms with E-state index in [2.05, 4.69) is 19.2 Å². The number of ether oxygens (including phenoxy) is 1. The van der Waals surface area contributed by atoms with Crippen molar-refractivity contribution >= 4 is 0 Å². The van der Waals surface area contributed by atoms with E-state index in [1.807, 2.05) is 25.2 Å². The fourth-order valence-electron chi connectivity index (χ4n) is 1.15. The molecule has 80 valence electrons. The molecule has 1 rings (SSSR count). The Hall–Kier alpha value is -0.960. The fraction of sp³-hybridized carbons (Fsp3) is 0.636. The Balaban J connectivity index is 2.48. The third-order valence-electron chi connectivity index (χ3n) is 2.02. The maximum atomic E-state index is 9.15. The summed E-state index contributed by atoms with van der Waals surface area (Å²) in [6.07, 6.45) is 5.71. The topological polar surface area (TPSA) is 41.5 Å². The zero-order valence-electron chi connectivity index (χ0n) is 9.08. The molecule has 0 aliphatic carbocycles. The van der Waals surface area contributed by atoms with Crippen molar-refractivity contribution in [3.8, 4) is 0 Å². The van der Waals surface area contributed by atoms with Gasteiger partial charge in [0, 0.05) is 0 Å². The van der Waals surface area contributed by atoms with Crippen LogP contribution >= 0.6 is 0 Å². The highest BCUT2D eigenvalue weighted by Gasteiger charge is 2.23. The number of aliphatic hydroxyl groups excluding tert-OH is 1. The molecule has 3 heteroatoms. The summed E-state index contributed by atoms with van der Waals surface area (Å²) >= 11 is 0. The van der Waals surface area contributed by atoms with Gasteiger partial charge in [-0.25, -0.2) is 0 Å². The molecule has 1 aliphatic rings. The first-order valence-electron chi connectivity index (χ1n) is 4.97. The van der Waals surface area contributed by atoms with Crippen LogP contribution in [0.25, 0.3) is 0 Å². The molecule has 1 atom stereocenters. The number of nitrogens with one attached hydrogen (secondary N) is 1. The largest absolute Gasteiger partial charge is 0.479 e. The zero-order chi connectivity index (χ0) is 10.6.